The molecule has 1 aliphatic heterocycles. The number of piperidine rings is 1. The van der Waals surface area contributed by atoms with Crippen LogP contribution in [-0.2, 0) is 11.2 Å². The lowest BCUT2D eigenvalue weighted by Gasteiger charge is -2.33. The fourth-order valence-electron chi connectivity index (χ4n) is 5.01. The molecule has 1 saturated heterocycles. The van der Waals surface area contributed by atoms with Gasteiger partial charge in [-0.25, -0.2) is 4.98 Å². The maximum atomic E-state index is 12.9. The van der Waals surface area contributed by atoms with Gasteiger partial charge in [-0.3, -0.25) is 9.59 Å². The number of carbonyl (C=O) groups is 2. The molecule has 2 heterocycles. The highest BCUT2D eigenvalue weighted by Crippen LogP contribution is 2.35. The van der Waals surface area contributed by atoms with Crippen molar-refractivity contribution in [2.45, 2.75) is 50.9 Å². The number of imidazole rings is 1. The fraction of sp³-hybridized carbons (Fsp3) is 0.481. The summed E-state index contributed by atoms with van der Waals surface area (Å²) in [6, 6.07) is 8.44. The van der Waals surface area contributed by atoms with Crippen LogP contribution in [0.5, 0.6) is 0 Å². The molecular formula is C27H33N5O3. The van der Waals surface area contributed by atoms with Gasteiger partial charge in [0.25, 0.3) is 0 Å². The number of aromatic amines is 1. The van der Waals surface area contributed by atoms with Gasteiger partial charge in [-0.05, 0) is 66.7 Å². The number of hydrogen-bond donors (Lipinski definition) is 3. The Kier molecular flexibility index (Phi) is 8.45. The molecule has 4 rings (SSSR count). The summed E-state index contributed by atoms with van der Waals surface area (Å²) in [4.78, 5) is 34.0. The molecule has 0 radical (unpaired) electrons. The maximum Gasteiger partial charge on any atom is 0.236 e. The van der Waals surface area contributed by atoms with Crippen LogP contribution in [0.3, 0.4) is 0 Å². The minimum absolute atomic E-state index is 0.0259. The normalized spacial score (nSPS) is 16.6. The summed E-state index contributed by atoms with van der Waals surface area (Å²) in [6.07, 6.45) is 10.2. The maximum absolute atomic E-state index is 12.9. The van der Waals surface area contributed by atoms with Gasteiger partial charge in [0.05, 0.1) is 19.3 Å². The van der Waals surface area contributed by atoms with E-state index in [1.165, 1.54) is 23.8 Å². The Balaban J connectivity index is 1.48. The van der Waals surface area contributed by atoms with Crippen molar-refractivity contribution in [3.63, 3.8) is 0 Å². The number of hydrogen-bond acceptors (Lipinski definition) is 6. The minimum atomic E-state index is -0.126. The lowest BCUT2D eigenvalue weighted by molar-refractivity contribution is -0.131. The topological polar surface area (TPSA) is 122 Å². The first-order valence-corrected chi connectivity index (χ1v) is 12.5. The van der Waals surface area contributed by atoms with Crippen LogP contribution in [0.15, 0.2) is 30.5 Å². The quantitative estimate of drug-likeness (QED) is 0.379. The number of nitrogens with one attached hydrogen (secondary N) is 2. The van der Waals surface area contributed by atoms with E-state index in [9.17, 15) is 9.59 Å². The van der Waals surface area contributed by atoms with E-state index in [4.69, 9.17) is 10.4 Å². The fourth-order valence-corrected chi connectivity index (χ4v) is 5.01. The summed E-state index contributed by atoms with van der Waals surface area (Å²) in [7, 11) is 0. The molecule has 1 amide bonds. The van der Waals surface area contributed by atoms with Crippen molar-refractivity contribution in [2.75, 3.05) is 32.8 Å². The van der Waals surface area contributed by atoms with Crippen LogP contribution in [0, 0.1) is 11.3 Å². The van der Waals surface area contributed by atoms with Crippen LogP contribution in [0.4, 0.5) is 0 Å². The zero-order valence-electron chi connectivity index (χ0n) is 20.1. The van der Waals surface area contributed by atoms with Crippen molar-refractivity contribution in [1.29, 1.82) is 5.26 Å². The van der Waals surface area contributed by atoms with Crippen molar-refractivity contribution >= 4 is 17.3 Å². The molecule has 1 fully saturated rings. The third-order valence-corrected chi connectivity index (χ3v) is 6.97. The van der Waals surface area contributed by atoms with Crippen LogP contribution < -0.4 is 5.32 Å². The first-order chi connectivity index (χ1) is 17.1. The predicted octanol–water partition coefficient (Wildman–Crippen LogP) is 2.95. The zero-order valence-corrected chi connectivity index (χ0v) is 20.1. The number of likely N-dealkylation sites (tertiary alicyclic amines) is 1. The first kappa shape index (κ1) is 24.8. The Hall–Kier alpha value is -3.28. The second-order valence-corrected chi connectivity index (χ2v) is 9.30. The molecular weight excluding hydrogens is 442 g/mol. The number of aliphatic hydroxyl groups excluding tert-OH is 1. The summed E-state index contributed by atoms with van der Waals surface area (Å²) in [5.74, 6) is 0.551. The molecule has 8 heteroatoms. The number of aliphatic hydroxyl groups is 1. The number of nitrogens with zero attached hydrogens (tertiary/aromatic N) is 3. The molecule has 1 aliphatic carbocycles. The van der Waals surface area contributed by atoms with Crippen LogP contribution in [0.2, 0.25) is 0 Å². The zero-order chi connectivity index (χ0) is 24.6. The van der Waals surface area contributed by atoms with Gasteiger partial charge < -0.3 is 20.3 Å². The molecule has 1 aromatic heterocycles. The van der Waals surface area contributed by atoms with Crippen molar-refractivity contribution in [3.8, 4) is 6.07 Å². The molecule has 0 unspecified atom stereocenters. The molecule has 0 saturated carbocycles. The molecule has 2 aliphatic rings. The number of amides is 1. The Morgan fingerprint density at radius 2 is 2.09 bits per heavy atom. The molecule has 8 nitrogen and oxygen atoms in total. The van der Waals surface area contributed by atoms with Gasteiger partial charge in [0.15, 0.2) is 5.82 Å². The van der Waals surface area contributed by atoms with Gasteiger partial charge in [0, 0.05) is 26.1 Å². The number of ketones is 1. The average Bonchev–Trinajstić information content (AvgIpc) is 3.39. The number of carbonyl (C=O) groups excluding carboxylic acids is 2. The number of H-pyrrole nitrogens is 1. The van der Waals surface area contributed by atoms with E-state index in [-0.39, 0.29) is 42.8 Å². The standard InChI is InChI=1S/C27H33N5O3/c28-16-23-17-30-27(31-23)25(34)15-22-7-6-21(14-24(22)20-4-2-1-3-5-20)19-8-11-32(12-9-19)26(35)18-29-10-13-33/h4,6-7,14,17,19,29,33H,1-3,5,8-13,15,18H2,(H,30,31). The van der Waals surface area contributed by atoms with E-state index >= 15 is 0 Å². The third kappa shape index (κ3) is 6.24. The van der Waals surface area contributed by atoms with E-state index < -0.39 is 0 Å². The summed E-state index contributed by atoms with van der Waals surface area (Å²) < 4.78 is 0. The van der Waals surface area contributed by atoms with Crippen LogP contribution >= 0.6 is 0 Å². The first-order valence-electron chi connectivity index (χ1n) is 12.5. The molecule has 0 spiro atoms. The van der Waals surface area contributed by atoms with E-state index in [1.807, 2.05) is 11.0 Å². The Labute approximate surface area is 206 Å². The molecule has 2 aromatic rings. The van der Waals surface area contributed by atoms with Gasteiger partial charge in [-0.1, -0.05) is 24.3 Å². The molecule has 3 N–H and O–H groups in total. The highest BCUT2D eigenvalue weighted by Gasteiger charge is 2.25. The SMILES string of the molecule is N#Cc1cnc(C(=O)Cc2ccc(C3CCN(C(=O)CNCCO)CC3)cc2C2=CCCCC2)[nH]1. The van der Waals surface area contributed by atoms with E-state index in [0.717, 1.165) is 56.3 Å². The lowest BCUT2D eigenvalue weighted by atomic mass is 9.83. The number of allylic oxidation sites excluding steroid dienone is 2. The van der Waals surface area contributed by atoms with Gasteiger partial charge in [-0.15, -0.1) is 0 Å². The van der Waals surface area contributed by atoms with Crippen molar-refractivity contribution in [1.82, 2.24) is 20.2 Å². The largest absolute Gasteiger partial charge is 0.395 e. The smallest absolute Gasteiger partial charge is 0.236 e. The molecule has 0 bridgehead atoms. The Bertz CT molecular complexity index is 1120. The highest BCUT2D eigenvalue weighted by atomic mass is 16.3. The summed E-state index contributed by atoms with van der Waals surface area (Å²) in [5.41, 5.74) is 4.99. The van der Waals surface area contributed by atoms with E-state index in [2.05, 4.69) is 39.6 Å². The van der Waals surface area contributed by atoms with Crippen molar-refractivity contribution in [2.24, 2.45) is 0 Å². The van der Waals surface area contributed by atoms with Gasteiger partial charge >= 0.3 is 0 Å². The molecule has 184 valence electrons. The highest BCUT2D eigenvalue weighted by molar-refractivity contribution is 5.95. The summed E-state index contributed by atoms with van der Waals surface area (Å²) in [6.45, 7) is 2.16. The molecule has 35 heavy (non-hydrogen) atoms. The third-order valence-electron chi connectivity index (χ3n) is 6.97. The number of benzene rings is 1. The van der Waals surface area contributed by atoms with Crippen LogP contribution in [-0.4, -0.2) is 64.5 Å². The van der Waals surface area contributed by atoms with Gasteiger partial charge in [0.2, 0.25) is 11.7 Å². The van der Waals surface area contributed by atoms with Crippen LogP contribution in [0.1, 0.15) is 77.4 Å². The molecule has 0 atom stereocenters. The Morgan fingerprint density at radius 3 is 2.77 bits per heavy atom. The van der Waals surface area contributed by atoms with Crippen molar-refractivity contribution in [3.05, 3.63) is 58.7 Å². The second kappa shape index (κ2) is 11.9. The predicted molar refractivity (Wildman–Crippen MR) is 133 cm³/mol. The van der Waals surface area contributed by atoms with E-state index in [1.54, 1.807) is 0 Å². The van der Waals surface area contributed by atoms with Crippen LogP contribution in [0.25, 0.3) is 5.57 Å². The van der Waals surface area contributed by atoms with Crippen molar-refractivity contribution < 1.29 is 14.7 Å². The lowest BCUT2D eigenvalue weighted by Crippen LogP contribution is -2.43. The monoisotopic (exact) mass is 475 g/mol. The average molecular weight is 476 g/mol. The van der Waals surface area contributed by atoms with Gasteiger partial charge in [-0.2, -0.15) is 5.26 Å². The Morgan fingerprint density at radius 1 is 1.26 bits per heavy atom. The van der Waals surface area contributed by atoms with E-state index in [0.29, 0.717) is 12.5 Å². The number of aromatic nitrogens is 2. The summed E-state index contributed by atoms with van der Waals surface area (Å²) in [5, 5.41) is 20.8. The second-order valence-electron chi connectivity index (χ2n) is 9.30. The van der Waals surface area contributed by atoms with Gasteiger partial charge in [0.1, 0.15) is 11.8 Å². The summed E-state index contributed by atoms with van der Waals surface area (Å²) >= 11 is 0. The number of rotatable bonds is 9. The minimum Gasteiger partial charge on any atom is -0.395 e. The number of nitriles is 1. The number of Topliss-reactive ketones (excluding diaryl/α,β-unsaturated/α-hetero) is 1. The molecule has 1 aromatic carbocycles.